The molecule has 1 fully saturated rings. The van der Waals surface area contributed by atoms with Crippen molar-refractivity contribution in [3.63, 3.8) is 0 Å². The molecule has 0 bridgehead atoms. The van der Waals surface area contributed by atoms with Gasteiger partial charge in [-0.25, -0.2) is 19.0 Å². The Morgan fingerprint density at radius 1 is 0.974 bits per heavy atom. The van der Waals surface area contributed by atoms with Crippen molar-refractivity contribution in [2.45, 2.75) is 33.1 Å². The van der Waals surface area contributed by atoms with Gasteiger partial charge in [0.1, 0.15) is 34.5 Å². The molecule has 0 N–H and O–H groups in total. The molecule has 3 heterocycles. The average molecular weight is 533 g/mol. The van der Waals surface area contributed by atoms with E-state index in [0.717, 1.165) is 47.7 Å². The number of carbonyl (C=O) groups excluding carboxylic acids is 1. The average Bonchev–Trinajstić information content (AvgIpc) is 3.31. The van der Waals surface area contributed by atoms with E-state index in [2.05, 4.69) is 11.8 Å². The second-order valence-corrected chi connectivity index (χ2v) is 9.56. The molecule has 1 saturated heterocycles. The predicted molar refractivity (Wildman–Crippen MR) is 148 cm³/mol. The molecule has 204 valence electrons. The van der Waals surface area contributed by atoms with Crippen LogP contribution in [-0.4, -0.2) is 71.0 Å². The number of methoxy groups -OCH3 is 2. The second kappa shape index (κ2) is 11.3. The quantitative estimate of drug-likeness (QED) is 0.328. The Kier molecular flexibility index (Phi) is 7.63. The van der Waals surface area contributed by atoms with Gasteiger partial charge in [-0.15, -0.1) is 0 Å². The number of carbonyl (C=O) groups is 1. The monoisotopic (exact) mass is 532 g/mol. The van der Waals surface area contributed by atoms with Gasteiger partial charge in [0.05, 0.1) is 31.0 Å². The molecule has 4 aromatic rings. The highest BCUT2D eigenvalue weighted by atomic mass is 19.1. The zero-order valence-corrected chi connectivity index (χ0v) is 22.8. The summed E-state index contributed by atoms with van der Waals surface area (Å²) in [4.78, 5) is 27.4. The number of hydrogen-bond acceptors (Lipinski definition) is 7. The Hall–Kier alpha value is -4.21. The topological polar surface area (TPSA) is 85.6 Å². The molecule has 0 saturated carbocycles. The summed E-state index contributed by atoms with van der Waals surface area (Å²) in [5, 5.41) is 5.63. The number of aryl methyl sites for hydroxylation is 2. The fourth-order valence-corrected chi connectivity index (χ4v) is 4.98. The van der Waals surface area contributed by atoms with Crippen LogP contribution in [0.4, 0.5) is 10.2 Å². The third-order valence-corrected chi connectivity index (χ3v) is 7.06. The van der Waals surface area contributed by atoms with Crippen molar-refractivity contribution in [2.75, 3.05) is 45.3 Å². The molecule has 2 aromatic heterocycles. The van der Waals surface area contributed by atoms with Crippen LogP contribution in [0.2, 0.25) is 0 Å². The normalized spacial score (nSPS) is 13.7. The first-order chi connectivity index (χ1) is 18.9. The van der Waals surface area contributed by atoms with E-state index in [1.807, 2.05) is 11.8 Å². The number of aromatic nitrogens is 4. The minimum Gasteiger partial charge on any atom is -0.496 e. The van der Waals surface area contributed by atoms with E-state index in [4.69, 9.17) is 24.5 Å². The Morgan fingerprint density at radius 2 is 1.64 bits per heavy atom. The number of unbranched alkanes of at least 4 members (excludes halogenated alkanes) is 1. The summed E-state index contributed by atoms with van der Waals surface area (Å²) in [6, 6.07) is 11.6. The first-order valence-electron chi connectivity index (χ1n) is 13.2. The first kappa shape index (κ1) is 26.4. The molecule has 0 aliphatic carbocycles. The SMILES string of the molecule is CCCCc1nc(N2CCN(C(=O)c3c(OC)cccc3OC)CC2)c2c(C)nn(-c3ccc(F)cc3)c2n1. The highest BCUT2D eigenvalue weighted by Gasteiger charge is 2.29. The molecular formula is C29H33FN6O3. The minimum absolute atomic E-state index is 0.124. The minimum atomic E-state index is -0.302. The molecule has 1 aliphatic rings. The van der Waals surface area contributed by atoms with Crippen molar-refractivity contribution in [3.05, 3.63) is 65.4 Å². The summed E-state index contributed by atoms with van der Waals surface area (Å²) in [6.45, 7) is 6.31. The van der Waals surface area contributed by atoms with Gasteiger partial charge in [-0.3, -0.25) is 4.79 Å². The Labute approximate surface area is 227 Å². The van der Waals surface area contributed by atoms with Crippen LogP contribution in [0.5, 0.6) is 11.5 Å². The molecule has 1 amide bonds. The van der Waals surface area contributed by atoms with Gasteiger partial charge in [0.2, 0.25) is 0 Å². The fourth-order valence-electron chi connectivity index (χ4n) is 4.98. The number of piperazine rings is 1. The zero-order chi connectivity index (χ0) is 27.5. The van der Waals surface area contributed by atoms with E-state index >= 15 is 0 Å². The molecule has 0 unspecified atom stereocenters. The van der Waals surface area contributed by atoms with E-state index in [1.54, 1.807) is 49.2 Å². The fraction of sp³-hybridized carbons (Fsp3) is 0.379. The summed E-state index contributed by atoms with van der Waals surface area (Å²) in [6.07, 6.45) is 2.75. The number of halogens is 1. The highest BCUT2D eigenvalue weighted by Crippen LogP contribution is 2.32. The number of amides is 1. The lowest BCUT2D eigenvalue weighted by Gasteiger charge is -2.36. The maximum Gasteiger partial charge on any atom is 0.261 e. The molecular weight excluding hydrogens is 499 g/mol. The van der Waals surface area contributed by atoms with Crippen LogP contribution in [0, 0.1) is 12.7 Å². The standard InChI is InChI=1S/C29H33FN6O3/c1-5-6-10-24-31-27(25-19(2)33-36(28(25)32-24)21-13-11-20(30)12-14-21)34-15-17-35(18-16-34)29(37)26-22(38-3)8-7-9-23(26)39-4/h7-9,11-14H,5-6,10,15-18H2,1-4H3. The lowest BCUT2D eigenvalue weighted by Crippen LogP contribution is -2.49. The van der Waals surface area contributed by atoms with E-state index in [-0.39, 0.29) is 11.7 Å². The van der Waals surface area contributed by atoms with E-state index in [0.29, 0.717) is 48.9 Å². The van der Waals surface area contributed by atoms with Crippen molar-refractivity contribution in [1.82, 2.24) is 24.6 Å². The van der Waals surface area contributed by atoms with Crippen LogP contribution in [0.25, 0.3) is 16.7 Å². The Bertz CT molecular complexity index is 1460. The number of rotatable bonds is 8. The molecule has 10 heteroatoms. The number of anilines is 1. The number of fused-ring (bicyclic) bond motifs is 1. The van der Waals surface area contributed by atoms with Crippen LogP contribution in [-0.2, 0) is 6.42 Å². The van der Waals surface area contributed by atoms with Gasteiger partial charge in [-0.05, 0) is 49.7 Å². The summed E-state index contributed by atoms with van der Waals surface area (Å²) >= 11 is 0. The summed E-state index contributed by atoms with van der Waals surface area (Å²) in [5.41, 5.74) is 2.66. The number of ether oxygens (including phenoxy) is 2. The van der Waals surface area contributed by atoms with Crippen molar-refractivity contribution >= 4 is 22.8 Å². The highest BCUT2D eigenvalue weighted by molar-refractivity contribution is 6.00. The van der Waals surface area contributed by atoms with Crippen molar-refractivity contribution < 1.29 is 18.7 Å². The molecule has 39 heavy (non-hydrogen) atoms. The number of nitrogens with zero attached hydrogens (tertiary/aromatic N) is 6. The number of hydrogen-bond donors (Lipinski definition) is 0. The van der Waals surface area contributed by atoms with Gasteiger partial charge in [0, 0.05) is 32.6 Å². The van der Waals surface area contributed by atoms with Crippen LogP contribution < -0.4 is 14.4 Å². The molecule has 1 aliphatic heterocycles. The van der Waals surface area contributed by atoms with Gasteiger partial charge < -0.3 is 19.3 Å². The van der Waals surface area contributed by atoms with Gasteiger partial charge in [0.15, 0.2) is 5.65 Å². The largest absolute Gasteiger partial charge is 0.496 e. The first-order valence-corrected chi connectivity index (χ1v) is 13.2. The van der Waals surface area contributed by atoms with E-state index in [9.17, 15) is 9.18 Å². The number of benzene rings is 2. The van der Waals surface area contributed by atoms with Crippen LogP contribution >= 0.6 is 0 Å². The van der Waals surface area contributed by atoms with Crippen LogP contribution in [0.1, 0.15) is 41.6 Å². The predicted octanol–water partition coefficient (Wildman–Crippen LogP) is 4.59. The molecule has 0 spiro atoms. The molecule has 0 radical (unpaired) electrons. The summed E-state index contributed by atoms with van der Waals surface area (Å²) in [7, 11) is 3.10. The van der Waals surface area contributed by atoms with E-state index < -0.39 is 0 Å². The van der Waals surface area contributed by atoms with Gasteiger partial charge >= 0.3 is 0 Å². The maximum absolute atomic E-state index is 13.6. The summed E-state index contributed by atoms with van der Waals surface area (Å²) < 4.78 is 26.3. The molecule has 5 rings (SSSR count). The van der Waals surface area contributed by atoms with Crippen LogP contribution in [0.3, 0.4) is 0 Å². The second-order valence-electron chi connectivity index (χ2n) is 9.56. The zero-order valence-electron chi connectivity index (χ0n) is 22.8. The third-order valence-electron chi connectivity index (χ3n) is 7.06. The van der Waals surface area contributed by atoms with Crippen molar-refractivity contribution in [1.29, 1.82) is 0 Å². The van der Waals surface area contributed by atoms with Gasteiger partial charge in [-0.1, -0.05) is 19.4 Å². The van der Waals surface area contributed by atoms with E-state index in [1.165, 1.54) is 12.1 Å². The van der Waals surface area contributed by atoms with Crippen molar-refractivity contribution in [2.24, 2.45) is 0 Å². The maximum atomic E-state index is 13.6. The lowest BCUT2D eigenvalue weighted by atomic mass is 10.1. The Morgan fingerprint density at radius 3 is 2.26 bits per heavy atom. The molecule has 9 nitrogen and oxygen atoms in total. The molecule has 0 atom stereocenters. The third kappa shape index (κ3) is 5.10. The van der Waals surface area contributed by atoms with Crippen LogP contribution in [0.15, 0.2) is 42.5 Å². The van der Waals surface area contributed by atoms with Gasteiger partial charge in [0.25, 0.3) is 5.91 Å². The van der Waals surface area contributed by atoms with Crippen molar-refractivity contribution in [3.8, 4) is 17.2 Å². The summed E-state index contributed by atoms with van der Waals surface area (Å²) in [5.74, 6) is 2.12. The van der Waals surface area contributed by atoms with Gasteiger partial charge in [-0.2, -0.15) is 5.10 Å². The smallest absolute Gasteiger partial charge is 0.261 e. The Balaban J connectivity index is 1.47. The lowest BCUT2D eigenvalue weighted by molar-refractivity contribution is 0.0739. The molecule has 2 aromatic carbocycles.